The van der Waals surface area contributed by atoms with E-state index in [4.69, 9.17) is 0 Å². The van der Waals surface area contributed by atoms with Crippen LogP contribution in [-0.4, -0.2) is 21.0 Å². The number of carbonyl (C=O) groups is 1. The summed E-state index contributed by atoms with van der Waals surface area (Å²) in [6.07, 6.45) is 1.66. The minimum atomic E-state index is -0.842. The number of hydrogen-bond acceptors (Lipinski definition) is 3. The van der Waals surface area contributed by atoms with Gasteiger partial charge in [0.05, 0.1) is 6.04 Å². The van der Waals surface area contributed by atoms with Gasteiger partial charge in [0.25, 0.3) is 0 Å². The van der Waals surface area contributed by atoms with Crippen LogP contribution in [0.3, 0.4) is 0 Å². The molecular weight excluding hydrogens is 302 g/mol. The molecule has 0 spiro atoms. The quantitative estimate of drug-likeness (QED) is 0.751. The second-order valence-electron chi connectivity index (χ2n) is 5.50. The van der Waals surface area contributed by atoms with Crippen LogP contribution >= 0.6 is 0 Å². The summed E-state index contributed by atoms with van der Waals surface area (Å²) in [6, 6.07) is 8.92. The smallest absolute Gasteiger partial charge is 0.329 e. The first-order chi connectivity index (χ1) is 11.1. The molecule has 1 atom stereocenters. The minimum absolute atomic E-state index is 0.00582. The Morgan fingerprint density at radius 2 is 2.09 bits per heavy atom. The molecule has 0 aliphatic heterocycles. The van der Waals surface area contributed by atoms with Gasteiger partial charge < -0.3 is 5.32 Å². The SMILES string of the molecule is O=C(N[C@@H]1CCc2ccccc21)n1nnc2c(F)cc(F)cc21. The Balaban J connectivity index is 1.66. The molecule has 7 heteroatoms. The molecule has 3 aromatic rings. The maximum Gasteiger partial charge on any atom is 0.344 e. The average Bonchev–Trinajstić information content (AvgIpc) is 3.12. The van der Waals surface area contributed by atoms with Crippen LogP contribution in [0.15, 0.2) is 36.4 Å². The van der Waals surface area contributed by atoms with E-state index in [1.165, 1.54) is 5.56 Å². The van der Waals surface area contributed by atoms with Crippen LogP contribution in [-0.2, 0) is 6.42 Å². The number of fused-ring (bicyclic) bond motifs is 2. The molecular formula is C16H12F2N4O. The highest BCUT2D eigenvalue weighted by atomic mass is 19.1. The third-order valence-corrected chi connectivity index (χ3v) is 4.09. The van der Waals surface area contributed by atoms with Crippen molar-refractivity contribution in [3.8, 4) is 0 Å². The number of amides is 1. The Kier molecular flexibility index (Phi) is 3.07. The highest BCUT2D eigenvalue weighted by molar-refractivity contribution is 5.88. The van der Waals surface area contributed by atoms with E-state index in [0.29, 0.717) is 6.07 Å². The lowest BCUT2D eigenvalue weighted by Gasteiger charge is -2.13. The number of aryl methyl sites for hydroxylation is 1. The van der Waals surface area contributed by atoms with E-state index in [1.807, 2.05) is 24.3 Å². The average molecular weight is 314 g/mol. The zero-order chi connectivity index (χ0) is 16.0. The number of benzene rings is 2. The van der Waals surface area contributed by atoms with Gasteiger partial charge in [0.1, 0.15) is 16.9 Å². The summed E-state index contributed by atoms with van der Waals surface area (Å²) in [6.45, 7) is 0. The molecule has 1 aliphatic carbocycles. The highest BCUT2D eigenvalue weighted by Gasteiger charge is 2.25. The topological polar surface area (TPSA) is 59.8 Å². The monoisotopic (exact) mass is 314 g/mol. The van der Waals surface area contributed by atoms with Crippen molar-refractivity contribution in [1.82, 2.24) is 20.3 Å². The van der Waals surface area contributed by atoms with Gasteiger partial charge in [-0.05, 0) is 24.0 Å². The van der Waals surface area contributed by atoms with E-state index in [9.17, 15) is 13.6 Å². The van der Waals surface area contributed by atoms with Gasteiger partial charge in [-0.1, -0.05) is 29.5 Å². The van der Waals surface area contributed by atoms with Gasteiger partial charge in [-0.25, -0.2) is 13.6 Å². The zero-order valence-electron chi connectivity index (χ0n) is 12.0. The second kappa shape index (κ2) is 5.12. The number of carbonyl (C=O) groups excluding carboxylic acids is 1. The summed E-state index contributed by atoms with van der Waals surface area (Å²) in [4.78, 5) is 12.4. The van der Waals surface area contributed by atoms with Crippen molar-refractivity contribution in [2.45, 2.75) is 18.9 Å². The Hall–Kier alpha value is -2.83. The van der Waals surface area contributed by atoms with Gasteiger partial charge in [0.15, 0.2) is 5.82 Å². The van der Waals surface area contributed by atoms with Crippen molar-refractivity contribution in [3.63, 3.8) is 0 Å². The van der Waals surface area contributed by atoms with Crippen LogP contribution in [0.25, 0.3) is 11.0 Å². The molecule has 1 amide bonds. The van der Waals surface area contributed by atoms with Gasteiger partial charge in [-0.3, -0.25) is 0 Å². The summed E-state index contributed by atoms with van der Waals surface area (Å²) >= 11 is 0. The summed E-state index contributed by atoms with van der Waals surface area (Å²) < 4.78 is 27.9. The molecule has 0 radical (unpaired) electrons. The fourth-order valence-corrected chi connectivity index (χ4v) is 3.02. The molecule has 2 aromatic carbocycles. The number of halogens is 2. The molecule has 1 aliphatic rings. The Bertz CT molecular complexity index is 922. The molecule has 5 nitrogen and oxygen atoms in total. The van der Waals surface area contributed by atoms with E-state index in [1.54, 1.807) is 0 Å². The maximum atomic E-state index is 13.6. The maximum absolute atomic E-state index is 13.6. The van der Waals surface area contributed by atoms with Crippen LogP contribution in [0.4, 0.5) is 13.6 Å². The first-order valence-corrected chi connectivity index (χ1v) is 7.22. The molecule has 0 bridgehead atoms. The number of nitrogens with one attached hydrogen (secondary N) is 1. The van der Waals surface area contributed by atoms with Crippen molar-refractivity contribution in [1.29, 1.82) is 0 Å². The van der Waals surface area contributed by atoms with Crippen LogP contribution in [0.1, 0.15) is 23.6 Å². The number of aromatic nitrogens is 3. The lowest BCUT2D eigenvalue weighted by molar-refractivity contribution is 0.236. The van der Waals surface area contributed by atoms with E-state index in [0.717, 1.165) is 29.2 Å². The second-order valence-corrected chi connectivity index (χ2v) is 5.50. The number of nitrogens with zero attached hydrogens (tertiary/aromatic N) is 3. The van der Waals surface area contributed by atoms with Crippen LogP contribution < -0.4 is 5.32 Å². The molecule has 1 aromatic heterocycles. The van der Waals surface area contributed by atoms with Crippen LogP contribution in [0, 0.1) is 11.6 Å². The summed E-state index contributed by atoms with van der Waals surface area (Å²) in [5.74, 6) is -1.62. The molecule has 0 saturated carbocycles. The van der Waals surface area contributed by atoms with Gasteiger partial charge in [0.2, 0.25) is 0 Å². The number of hydrogen-bond donors (Lipinski definition) is 1. The lowest BCUT2D eigenvalue weighted by Crippen LogP contribution is -2.32. The normalized spacial score (nSPS) is 16.5. The van der Waals surface area contributed by atoms with E-state index < -0.39 is 17.7 Å². The standard InChI is InChI=1S/C16H12F2N4O/c17-10-7-12(18)15-14(8-10)22(21-20-15)16(23)19-13-6-5-9-3-1-2-4-11(9)13/h1-4,7-8,13H,5-6H2,(H,19,23)/t13-/m1/s1. The highest BCUT2D eigenvalue weighted by Crippen LogP contribution is 2.30. The Morgan fingerprint density at radius 1 is 1.26 bits per heavy atom. The van der Waals surface area contributed by atoms with Crippen molar-refractivity contribution in [2.24, 2.45) is 0 Å². The molecule has 4 rings (SSSR count). The lowest BCUT2D eigenvalue weighted by atomic mass is 10.1. The summed E-state index contributed by atoms with van der Waals surface area (Å²) in [5.41, 5.74) is 2.13. The zero-order valence-corrected chi connectivity index (χ0v) is 12.0. The third-order valence-electron chi connectivity index (χ3n) is 4.09. The van der Waals surface area contributed by atoms with E-state index >= 15 is 0 Å². The first kappa shape index (κ1) is 13.8. The van der Waals surface area contributed by atoms with E-state index in [2.05, 4.69) is 15.6 Å². The molecule has 1 heterocycles. The minimum Gasteiger partial charge on any atom is -0.329 e. The summed E-state index contributed by atoms with van der Waals surface area (Å²) in [7, 11) is 0. The molecule has 0 saturated heterocycles. The van der Waals surface area contributed by atoms with Crippen molar-refractivity contribution >= 4 is 17.1 Å². The number of rotatable bonds is 1. The predicted molar refractivity (Wildman–Crippen MR) is 78.9 cm³/mol. The fourth-order valence-electron chi connectivity index (χ4n) is 3.02. The molecule has 0 unspecified atom stereocenters. The van der Waals surface area contributed by atoms with Gasteiger partial charge >= 0.3 is 6.03 Å². The first-order valence-electron chi connectivity index (χ1n) is 7.22. The predicted octanol–water partition coefficient (Wildman–Crippen LogP) is 2.95. The largest absolute Gasteiger partial charge is 0.344 e. The molecule has 0 fully saturated rings. The van der Waals surface area contributed by atoms with Crippen molar-refractivity contribution in [2.75, 3.05) is 0 Å². The van der Waals surface area contributed by atoms with Crippen LogP contribution in [0.5, 0.6) is 0 Å². The van der Waals surface area contributed by atoms with Crippen LogP contribution in [0.2, 0.25) is 0 Å². The fraction of sp³-hybridized carbons (Fsp3) is 0.188. The molecule has 23 heavy (non-hydrogen) atoms. The van der Waals surface area contributed by atoms with Crippen molar-refractivity contribution < 1.29 is 13.6 Å². The van der Waals surface area contributed by atoms with Gasteiger partial charge in [-0.15, -0.1) is 5.10 Å². The Labute approximate surface area is 129 Å². The molecule has 116 valence electrons. The summed E-state index contributed by atoms with van der Waals surface area (Å²) in [5, 5.41) is 10.1. The van der Waals surface area contributed by atoms with Gasteiger partial charge in [-0.2, -0.15) is 4.68 Å². The Morgan fingerprint density at radius 3 is 2.96 bits per heavy atom. The van der Waals surface area contributed by atoms with Crippen molar-refractivity contribution in [3.05, 3.63) is 59.2 Å². The van der Waals surface area contributed by atoms with Gasteiger partial charge in [0, 0.05) is 12.1 Å². The third kappa shape index (κ3) is 2.25. The molecule has 1 N–H and O–H groups in total. The van der Waals surface area contributed by atoms with E-state index in [-0.39, 0.29) is 17.1 Å².